The SMILES string of the molecule is O=C(COc1ccccc1)NCC(=O)OCc1ccccc1C(F)(F)F. The van der Waals surface area contributed by atoms with Crippen LogP contribution in [-0.2, 0) is 27.1 Å². The molecule has 2 aromatic rings. The number of hydrogen-bond acceptors (Lipinski definition) is 4. The van der Waals surface area contributed by atoms with Crippen molar-refractivity contribution in [1.29, 1.82) is 0 Å². The second kappa shape index (κ2) is 8.89. The van der Waals surface area contributed by atoms with E-state index >= 15 is 0 Å². The zero-order chi connectivity index (χ0) is 19.0. The molecule has 138 valence electrons. The van der Waals surface area contributed by atoms with E-state index in [1.165, 1.54) is 18.2 Å². The van der Waals surface area contributed by atoms with Crippen molar-refractivity contribution in [3.05, 3.63) is 65.7 Å². The minimum Gasteiger partial charge on any atom is -0.484 e. The Morgan fingerprint density at radius 1 is 0.962 bits per heavy atom. The van der Waals surface area contributed by atoms with Gasteiger partial charge in [-0.3, -0.25) is 9.59 Å². The van der Waals surface area contributed by atoms with Crippen LogP contribution in [0.25, 0.3) is 0 Å². The van der Waals surface area contributed by atoms with E-state index in [1.54, 1.807) is 30.3 Å². The molecule has 2 rings (SSSR count). The largest absolute Gasteiger partial charge is 0.484 e. The van der Waals surface area contributed by atoms with Crippen LogP contribution in [0.1, 0.15) is 11.1 Å². The average Bonchev–Trinajstić information content (AvgIpc) is 2.63. The number of carbonyl (C=O) groups excluding carboxylic acids is 2. The Bertz CT molecular complexity index is 748. The zero-order valence-corrected chi connectivity index (χ0v) is 13.6. The lowest BCUT2D eigenvalue weighted by Gasteiger charge is -2.13. The van der Waals surface area contributed by atoms with Gasteiger partial charge in [-0.15, -0.1) is 0 Å². The van der Waals surface area contributed by atoms with Crippen molar-refractivity contribution in [2.45, 2.75) is 12.8 Å². The van der Waals surface area contributed by atoms with E-state index in [0.29, 0.717) is 5.75 Å². The number of benzene rings is 2. The summed E-state index contributed by atoms with van der Waals surface area (Å²) in [5, 5.41) is 2.27. The van der Waals surface area contributed by atoms with E-state index in [9.17, 15) is 22.8 Å². The molecule has 0 fully saturated rings. The van der Waals surface area contributed by atoms with Crippen LogP contribution in [0.2, 0.25) is 0 Å². The van der Waals surface area contributed by atoms with Gasteiger partial charge in [0.25, 0.3) is 5.91 Å². The molecule has 0 aliphatic heterocycles. The van der Waals surface area contributed by atoms with Gasteiger partial charge in [0, 0.05) is 5.56 Å². The number of nitrogens with one attached hydrogen (secondary N) is 1. The molecule has 26 heavy (non-hydrogen) atoms. The number of rotatable bonds is 7. The third kappa shape index (κ3) is 6.12. The Kier molecular flexibility index (Phi) is 6.60. The summed E-state index contributed by atoms with van der Waals surface area (Å²) in [4.78, 5) is 23.2. The molecule has 0 aliphatic rings. The van der Waals surface area contributed by atoms with Crippen molar-refractivity contribution < 1.29 is 32.2 Å². The molecule has 0 saturated heterocycles. The number of alkyl halides is 3. The molecule has 0 aliphatic carbocycles. The van der Waals surface area contributed by atoms with Gasteiger partial charge in [-0.2, -0.15) is 13.2 Å². The van der Waals surface area contributed by atoms with Crippen LogP contribution in [0.3, 0.4) is 0 Å². The smallest absolute Gasteiger partial charge is 0.416 e. The first-order valence-electron chi connectivity index (χ1n) is 7.61. The molecule has 8 heteroatoms. The summed E-state index contributed by atoms with van der Waals surface area (Å²) in [6, 6.07) is 13.4. The van der Waals surface area contributed by atoms with Crippen LogP contribution in [0.4, 0.5) is 13.2 Å². The van der Waals surface area contributed by atoms with E-state index in [0.717, 1.165) is 6.07 Å². The predicted molar refractivity (Wildman–Crippen MR) is 86.2 cm³/mol. The van der Waals surface area contributed by atoms with Crippen LogP contribution in [0, 0.1) is 0 Å². The maximum atomic E-state index is 12.8. The zero-order valence-electron chi connectivity index (χ0n) is 13.6. The van der Waals surface area contributed by atoms with Crippen LogP contribution in [0.5, 0.6) is 5.75 Å². The lowest BCUT2D eigenvalue weighted by molar-refractivity contribution is -0.147. The van der Waals surface area contributed by atoms with Crippen LogP contribution >= 0.6 is 0 Å². The van der Waals surface area contributed by atoms with E-state index in [-0.39, 0.29) is 12.2 Å². The molecule has 5 nitrogen and oxygen atoms in total. The summed E-state index contributed by atoms with van der Waals surface area (Å²) < 4.78 is 48.5. The summed E-state index contributed by atoms with van der Waals surface area (Å²) in [6.07, 6.45) is -4.54. The molecule has 0 unspecified atom stereocenters. The first-order valence-corrected chi connectivity index (χ1v) is 7.61. The molecular weight excluding hydrogens is 351 g/mol. The number of para-hydroxylation sites is 1. The number of halogens is 3. The molecule has 0 saturated carbocycles. The van der Waals surface area contributed by atoms with Crippen LogP contribution in [0.15, 0.2) is 54.6 Å². The van der Waals surface area contributed by atoms with Crippen molar-refractivity contribution in [1.82, 2.24) is 5.32 Å². The summed E-state index contributed by atoms with van der Waals surface area (Å²) in [5.74, 6) is -0.912. The van der Waals surface area contributed by atoms with Gasteiger partial charge in [0.05, 0.1) is 5.56 Å². The fraction of sp³-hybridized carbons (Fsp3) is 0.222. The fourth-order valence-electron chi connectivity index (χ4n) is 2.02. The normalized spacial score (nSPS) is 10.9. The Labute approximate surface area is 147 Å². The monoisotopic (exact) mass is 367 g/mol. The highest BCUT2D eigenvalue weighted by molar-refractivity contribution is 5.82. The molecule has 0 aromatic heterocycles. The third-order valence-corrected chi connectivity index (χ3v) is 3.25. The van der Waals surface area contributed by atoms with Crippen molar-refractivity contribution in [3.63, 3.8) is 0 Å². The van der Waals surface area contributed by atoms with Gasteiger partial charge in [-0.25, -0.2) is 0 Å². The first kappa shape index (κ1) is 19.3. The van der Waals surface area contributed by atoms with Crippen molar-refractivity contribution in [3.8, 4) is 5.75 Å². The number of carbonyl (C=O) groups is 2. The Morgan fingerprint density at radius 2 is 1.62 bits per heavy atom. The van der Waals surface area contributed by atoms with Crippen molar-refractivity contribution in [2.75, 3.05) is 13.2 Å². The van der Waals surface area contributed by atoms with Gasteiger partial charge in [0.1, 0.15) is 18.9 Å². The second-order valence-electron chi connectivity index (χ2n) is 5.19. The molecule has 2 aromatic carbocycles. The van der Waals surface area contributed by atoms with E-state index in [4.69, 9.17) is 9.47 Å². The summed E-state index contributed by atoms with van der Waals surface area (Å²) in [5.41, 5.74) is -1.03. The summed E-state index contributed by atoms with van der Waals surface area (Å²) in [7, 11) is 0. The van der Waals surface area contributed by atoms with Crippen LogP contribution < -0.4 is 10.1 Å². The van der Waals surface area contributed by atoms with Crippen molar-refractivity contribution >= 4 is 11.9 Å². The average molecular weight is 367 g/mol. The highest BCUT2D eigenvalue weighted by Crippen LogP contribution is 2.32. The van der Waals surface area contributed by atoms with Gasteiger partial charge >= 0.3 is 12.1 Å². The Hall–Kier alpha value is -3.03. The number of hydrogen-bond donors (Lipinski definition) is 1. The maximum absolute atomic E-state index is 12.8. The van der Waals surface area contributed by atoms with Gasteiger partial charge in [0.15, 0.2) is 6.61 Å². The summed E-state index contributed by atoms with van der Waals surface area (Å²) >= 11 is 0. The Balaban J connectivity index is 1.75. The summed E-state index contributed by atoms with van der Waals surface area (Å²) in [6.45, 7) is -1.30. The Morgan fingerprint density at radius 3 is 2.31 bits per heavy atom. The van der Waals surface area contributed by atoms with Gasteiger partial charge in [-0.05, 0) is 18.2 Å². The topological polar surface area (TPSA) is 64.6 Å². The van der Waals surface area contributed by atoms with Gasteiger partial charge in [-0.1, -0.05) is 36.4 Å². The fourth-order valence-corrected chi connectivity index (χ4v) is 2.02. The number of esters is 1. The van der Waals surface area contributed by atoms with E-state index in [1.807, 2.05) is 0 Å². The predicted octanol–water partition coefficient (Wildman–Crippen LogP) is 2.94. The van der Waals surface area contributed by atoms with Crippen LogP contribution in [-0.4, -0.2) is 25.0 Å². The second-order valence-corrected chi connectivity index (χ2v) is 5.19. The standard InChI is InChI=1S/C18H16F3NO4/c19-18(20,21)15-9-5-4-6-13(15)11-26-17(24)10-22-16(23)12-25-14-7-2-1-3-8-14/h1-9H,10-12H2,(H,22,23). The molecule has 0 heterocycles. The highest BCUT2D eigenvalue weighted by atomic mass is 19.4. The third-order valence-electron chi connectivity index (χ3n) is 3.25. The van der Waals surface area contributed by atoms with E-state index < -0.39 is 36.8 Å². The number of amides is 1. The lowest BCUT2D eigenvalue weighted by Crippen LogP contribution is -2.34. The molecule has 0 atom stereocenters. The molecule has 1 amide bonds. The first-order chi connectivity index (χ1) is 12.4. The highest BCUT2D eigenvalue weighted by Gasteiger charge is 2.33. The lowest BCUT2D eigenvalue weighted by atomic mass is 10.1. The number of ether oxygens (including phenoxy) is 2. The maximum Gasteiger partial charge on any atom is 0.416 e. The molecule has 0 bridgehead atoms. The molecular formula is C18H16F3NO4. The van der Waals surface area contributed by atoms with Gasteiger partial charge in [0.2, 0.25) is 0 Å². The van der Waals surface area contributed by atoms with Gasteiger partial charge < -0.3 is 14.8 Å². The molecule has 0 radical (unpaired) electrons. The minimum absolute atomic E-state index is 0.160. The quantitative estimate of drug-likeness (QED) is 0.765. The van der Waals surface area contributed by atoms with E-state index in [2.05, 4.69) is 5.32 Å². The minimum atomic E-state index is -4.54. The van der Waals surface area contributed by atoms with Crippen molar-refractivity contribution in [2.24, 2.45) is 0 Å². The molecule has 1 N–H and O–H groups in total. The molecule has 0 spiro atoms.